The normalized spacial score (nSPS) is 25.7. The van der Waals surface area contributed by atoms with Crippen molar-refractivity contribution in [2.24, 2.45) is 11.8 Å². The van der Waals surface area contributed by atoms with Crippen molar-refractivity contribution in [2.75, 3.05) is 25.0 Å². The Morgan fingerprint density at radius 2 is 2.29 bits per heavy atom. The minimum absolute atomic E-state index is 0.267. The van der Waals surface area contributed by atoms with Crippen LogP contribution in [0, 0.1) is 11.8 Å². The van der Waals surface area contributed by atoms with Crippen LogP contribution in [-0.2, 0) is 11.2 Å². The van der Waals surface area contributed by atoms with Gasteiger partial charge in [0, 0.05) is 38.3 Å². The summed E-state index contributed by atoms with van der Waals surface area (Å²) in [7, 11) is 2.10. The number of aromatic nitrogens is 2. The quantitative estimate of drug-likeness (QED) is 0.856. The van der Waals surface area contributed by atoms with Crippen LogP contribution in [-0.4, -0.2) is 47.2 Å². The molecule has 126 valence electrons. The van der Waals surface area contributed by atoms with Crippen molar-refractivity contribution in [2.45, 2.75) is 25.3 Å². The van der Waals surface area contributed by atoms with Crippen LogP contribution in [0.5, 0.6) is 0 Å². The number of nitrogens with zero attached hydrogens (tertiary/aromatic N) is 4. The van der Waals surface area contributed by atoms with Gasteiger partial charge in [-0.3, -0.25) is 4.79 Å². The summed E-state index contributed by atoms with van der Waals surface area (Å²) in [5, 5.41) is 12.3. The van der Waals surface area contributed by atoms with Crippen molar-refractivity contribution in [3.8, 4) is 0 Å². The van der Waals surface area contributed by atoms with E-state index >= 15 is 0 Å². The first-order valence-corrected chi connectivity index (χ1v) is 9.46. The highest BCUT2D eigenvalue weighted by Crippen LogP contribution is 2.41. The zero-order chi connectivity index (χ0) is 16.5. The number of amides is 1. The second-order valence-corrected chi connectivity index (χ2v) is 7.65. The second kappa shape index (κ2) is 6.51. The van der Waals surface area contributed by atoms with Crippen LogP contribution in [0.1, 0.15) is 18.4 Å². The van der Waals surface area contributed by atoms with Crippen LogP contribution in [0.15, 0.2) is 35.2 Å². The summed E-state index contributed by atoms with van der Waals surface area (Å²) in [6.45, 7) is 1.79. The first kappa shape index (κ1) is 15.6. The molecule has 2 fully saturated rings. The molecule has 1 saturated carbocycles. The van der Waals surface area contributed by atoms with E-state index in [-0.39, 0.29) is 5.91 Å². The summed E-state index contributed by atoms with van der Waals surface area (Å²) in [4.78, 5) is 16.9. The maximum absolute atomic E-state index is 12.6. The fourth-order valence-electron chi connectivity index (χ4n) is 4.25. The van der Waals surface area contributed by atoms with Gasteiger partial charge in [-0.1, -0.05) is 0 Å². The van der Waals surface area contributed by atoms with Crippen LogP contribution in [0.25, 0.3) is 0 Å². The summed E-state index contributed by atoms with van der Waals surface area (Å²) in [5.74, 6) is 2.36. The van der Waals surface area contributed by atoms with Crippen molar-refractivity contribution in [3.05, 3.63) is 40.7 Å². The molecular formula is C18H22N4OS. The number of carbonyl (C=O) groups excluding carboxylic acids is 1. The van der Waals surface area contributed by atoms with Crippen LogP contribution in [0.2, 0.25) is 0 Å². The lowest BCUT2D eigenvalue weighted by Crippen LogP contribution is -2.39. The van der Waals surface area contributed by atoms with Crippen molar-refractivity contribution < 1.29 is 4.79 Å². The topological polar surface area (TPSA) is 49.3 Å². The predicted octanol–water partition coefficient (Wildman–Crippen LogP) is 2.45. The van der Waals surface area contributed by atoms with Gasteiger partial charge in [-0.25, -0.2) is 0 Å². The highest BCUT2D eigenvalue weighted by atomic mass is 32.1. The Bertz CT molecular complexity index is 690. The molecule has 1 saturated heterocycles. The van der Waals surface area contributed by atoms with Crippen molar-refractivity contribution >= 4 is 23.1 Å². The summed E-state index contributed by atoms with van der Waals surface area (Å²) in [6, 6.07) is 6.43. The average molecular weight is 342 g/mol. The Kier molecular flexibility index (Phi) is 4.22. The molecule has 5 nitrogen and oxygen atoms in total. The van der Waals surface area contributed by atoms with Gasteiger partial charge in [0.25, 0.3) is 0 Å². The monoisotopic (exact) mass is 342 g/mol. The molecule has 0 radical (unpaired) electrons. The number of hydrogen-bond acceptors (Lipinski definition) is 5. The molecule has 1 aliphatic heterocycles. The smallest absolute Gasteiger partial charge is 0.227 e. The highest BCUT2D eigenvalue weighted by molar-refractivity contribution is 7.08. The number of rotatable bonds is 4. The zero-order valence-corrected chi connectivity index (χ0v) is 14.7. The van der Waals surface area contributed by atoms with Gasteiger partial charge in [0.05, 0.1) is 6.42 Å². The molecule has 3 atom stereocenters. The SMILES string of the molecule is CN(c1cccnn1)[C@@H]1CC[C@@H]2CN(C(=O)Cc3ccsc3)C[C@@H]21. The lowest BCUT2D eigenvalue weighted by molar-refractivity contribution is -0.129. The summed E-state index contributed by atoms with van der Waals surface area (Å²) in [5.41, 5.74) is 1.13. The molecular weight excluding hydrogens is 320 g/mol. The molecule has 4 rings (SSSR count). The second-order valence-electron chi connectivity index (χ2n) is 6.87. The summed E-state index contributed by atoms with van der Waals surface area (Å²) >= 11 is 1.65. The van der Waals surface area contributed by atoms with E-state index in [1.54, 1.807) is 17.5 Å². The van der Waals surface area contributed by atoms with Gasteiger partial charge in [-0.05, 0) is 53.3 Å². The average Bonchev–Trinajstić information content (AvgIpc) is 3.31. The molecule has 24 heavy (non-hydrogen) atoms. The first-order chi connectivity index (χ1) is 11.7. The van der Waals surface area contributed by atoms with E-state index in [1.165, 1.54) is 12.8 Å². The van der Waals surface area contributed by atoms with E-state index in [0.717, 1.165) is 24.5 Å². The van der Waals surface area contributed by atoms with Gasteiger partial charge in [0.2, 0.25) is 5.91 Å². The van der Waals surface area contributed by atoms with Crippen LogP contribution in [0.4, 0.5) is 5.82 Å². The molecule has 6 heteroatoms. The Balaban J connectivity index is 1.42. The molecule has 0 spiro atoms. The van der Waals surface area contributed by atoms with E-state index in [4.69, 9.17) is 0 Å². The Morgan fingerprint density at radius 3 is 3.04 bits per heavy atom. The molecule has 2 aliphatic rings. The standard InChI is InChI=1S/C18H22N4OS/c1-21(17-3-2-7-19-20-17)16-5-4-14-10-22(11-15(14)16)18(23)9-13-6-8-24-12-13/h2-3,6-8,12,14-16H,4-5,9-11H2,1H3/t14-,15+,16-/m1/s1. The Labute approximate surface area is 146 Å². The highest BCUT2D eigenvalue weighted by Gasteiger charge is 2.45. The molecule has 0 N–H and O–H groups in total. The van der Waals surface area contributed by atoms with Crippen molar-refractivity contribution in [1.29, 1.82) is 0 Å². The van der Waals surface area contributed by atoms with Gasteiger partial charge >= 0.3 is 0 Å². The molecule has 0 aromatic carbocycles. The number of carbonyl (C=O) groups is 1. The number of thiophene rings is 1. The number of likely N-dealkylation sites (tertiary alicyclic amines) is 1. The fraction of sp³-hybridized carbons (Fsp3) is 0.500. The zero-order valence-electron chi connectivity index (χ0n) is 13.8. The Hall–Kier alpha value is -1.95. The Morgan fingerprint density at radius 1 is 1.38 bits per heavy atom. The minimum atomic E-state index is 0.267. The third kappa shape index (κ3) is 2.90. The van der Waals surface area contributed by atoms with E-state index in [0.29, 0.717) is 24.3 Å². The fourth-order valence-corrected chi connectivity index (χ4v) is 4.92. The summed E-state index contributed by atoms with van der Waals surface area (Å²) in [6.07, 6.45) is 4.61. The molecule has 2 aromatic rings. The van der Waals surface area contributed by atoms with Crippen LogP contribution < -0.4 is 4.90 Å². The molecule has 3 heterocycles. The van der Waals surface area contributed by atoms with E-state index in [1.807, 2.05) is 23.6 Å². The number of fused-ring (bicyclic) bond motifs is 1. The van der Waals surface area contributed by atoms with Gasteiger partial charge in [0.1, 0.15) is 0 Å². The molecule has 1 amide bonds. The van der Waals surface area contributed by atoms with E-state index < -0.39 is 0 Å². The van der Waals surface area contributed by atoms with Gasteiger partial charge in [-0.2, -0.15) is 16.4 Å². The predicted molar refractivity (Wildman–Crippen MR) is 95.0 cm³/mol. The maximum atomic E-state index is 12.6. The van der Waals surface area contributed by atoms with Gasteiger partial charge in [0.15, 0.2) is 5.82 Å². The van der Waals surface area contributed by atoms with Crippen LogP contribution in [0.3, 0.4) is 0 Å². The summed E-state index contributed by atoms with van der Waals surface area (Å²) < 4.78 is 0. The maximum Gasteiger partial charge on any atom is 0.227 e. The molecule has 0 bridgehead atoms. The van der Waals surface area contributed by atoms with Gasteiger partial charge < -0.3 is 9.80 Å². The molecule has 0 unspecified atom stereocenters. The third-order valence-corrected chi connectivity index (χ3v) is 6.26. The first-order valence-electron chi connectivity index (χ1n) is 8.52. The van der Waals surface area contributed by atoms with Crippen LogP contribution >= 0.6 is 11.3 Å². The number of hydrogen-bond donors (Lipinski definition) is 0. The minimum Gasteiger partial charge on any atom is -0.355 e. The van der Waals surface area contributed by atoms with E-state index in [9.17, 15) is 4.79 Å². The lowest BCUT2D eigenvalue weighted by atomic mass is 9.97. The number of anilines is 1. The third-order valence-electron chi connectivity index (χ3n) is 5.52. The van der Waals surface area contributed by atoms with Crippen molar-refractivity contribution in [1.82, 2.24) is 15.1 Å². The molecule has 2 aromatic heterocycles. The largest absolute Gasteiger partial charge is 0.355 e. The van der Waals surface area contributed by atoms with E-state index in [2.05, 4.69) is 32.4 Å². The lowest BCUT2D eigenvalue weighted by Gasteiger charge is -2.30. The molecule has 1 aliphatic carbocycles. The van der Waals surface area contributed by atoms with Crippen molar-refractivity contribution in [3.63, 3.8) is 0 Å². The van der Waals surface area contributed by atoms with Gasteiger partial charge in [-0.15, -0.1) is 5.10 Å².